The second-order valence-electron chi connectivity index (χ2n) is 4.11. The minimum Gasteiger partial charge on any atom is -0.494 e. The highest BCUT2D eigenvalue weighted by atomic mass is 79.9. The molecule has 0 radical (unpaired) electrons. The van der Waals surface area contributed by atoms with Gasteiger partial charge in [0.1, 0.15) is 5.75 Å². The maximum atomic E-state index is 5.65. The largest absolute Gasteiger partial charge is 0.494 e. The van der Waals surface area contributed by atoms with Gasteiger partial charge in [0.05, 0.1) is 6.61 Å². The highest BCUT2D eigenvalue weighted by Crippen LogP contribution is 2.16. The lowest BCUT2D eigenvalue weighted by molar-refractivity contribution is 0.305. The standard InChI is InChI=1S/C14H22BrNO/c1-2-10-16-11-4-3-5-12-17-14-8-6-13(15)7-9-14/h6-9,16H,2-5,10-12H2,1H3. The molecule has 17 heavy (non-hydrogen) atoms. The van der Waals surface area contributed by atoms with E-state index in [-0.39, 0.29) is 0 Å². The molecule has 0 unspecified atom stereocenters. The Morgan fingerprint density at radius 3 is 2.53 bits per heavy atom. The van der Waals surface area contributed by atoms with E-state index in [0.717, 1.165) is 36.3 Å². The zero-order chi connectivity index (χ0) is 12.3. The Bertz CT molecular complexity index is 287. The minimum absolute atomic E-state index is 0.815. The second-order valence-corrected chi connectivity index (χ2v) is 5.03. The molecule has 3 heteroatoms. The Kier molecular flexibility index (Phi) is 8.10. The fraction of sp³-hybridized carbons (Fsp3) is 0.571. The summed E-state index contributed by atoms with van der Waals surface area (Å²) >= 11 is 3.41. The van der Waals surface area contributed by atoms with E-state index in [1.165, 1.54) is 19.3 Å². The van der Waals surface area contributed by atoms with Crippen LogP contribution in [0.25, 0.3) is 0 Å². The van der Waals surface area contributed by atoms with E-state index in [2.05, 4.69) is 28.2 Å². The number of hydrogen-bond acceptors (Lipinski definition) is 2. The third kappa shape index (κ3) is 7.40. The van der Waals surface area contributed by atoms with Crippen LogP contribution in [0.1, 0.15) is 32.6 Å². The Hall–Kier alpha value is -0.540. The Morgan fingerprint density at radius 2 is 1.82 bits per heavy atom. The number of unbranched alkanes of at least 4 members (excludes halogenated alkanes) is 2. The second kappa shape index (κ2) is 9.49. The molecule has 0 fully saturated rings. The highest BCUT2D eigenvalue weighted by molar-refractivity contribution is 9.10. The molecular weight excluding hydrogens is 278 g/mol. The van der Waals surface area contributed by atoms with E-state index in [1.54, 1.807) is 0 Å². The van der Waals surface area contributed by atoms with Crippen molar-refractivity contribution in [3.8, 4) is 5.75 Å². The summed E-state index contributed by atoms with van der Waals surface area (Å²) in [5, 5.41) is 3.40. The van der Waals surface area contributed by atoms with Crippen LogP contribution < -0.4 is 10.1 Å². The molecule has 2 nitrogen and oxygen atoms in total. The molecular formula is C14H22BrNO. The van der Waals surface area contributed by atoms with Crippen molar-refractivity contribution in [3.05, 3.63) is 28.7 Å². The van der Waals surface area contributed by atoms with Crippen molar-refractivity contribution in [2.24, 2.45) is 0 Å². The van der Waals surface area contributed by atoms with E-state index in [0.29, 0.717) is 0 Å². The van der Waals surface area contributed by atoms with Crippen LogP contribution >= 0.6 is 15.9 Å². The number of hydrogen-bond donors (Lipinski definition) is 1. The van der Waals surface area contributed by atoms with Crippen LogP contribution in [0.4, 0.5) is 0 Å². The van der Waals surface area contributed by atoms with Crippen LogP contribution in [0.2, 0.25) is 0 Å². The van der Waals surface area contributed by atoms with Gasteiger partial charge in [0.2, 0.25) is 0 Å². The number of rotatable bonds is 9. The molecule has 0 atom stereocenters. The van der Waals surface area contributed by atoms with Gasteiger partial charge in [-0.2, -0.15) is 0 Å². The van der Waals surface area contributed by atoms with Gasteiger partial charge in [0, 0.05) is 4.47 Å². The number of benzene rings is 1. The summed E-state index contributed by atoms with van der Waals surface area (Å²) in [6.07, 6.45) is 4.81. The third-order valence-corrected chi connectivity index (χ3v) is 3.04. The summed E-state index contributed by atoms with van der Waals surface area (Å²) in [6.45, 7) is 5.27. The maximum Gasteiger partial charge on any atom is 0.119 e. The van der Waals surface area contributed by atoms with E-state index in [1.807, 2.05) is 24.3 Å². The molecule has 0 saturated heterocycles. The molecule has 1 N–H and O–H groups in total. The molecule has 0 aromatic heterocycles. The molecule has 0 heterocycles. The van der Waals surface area contributed by atoms with Crippen molar-refractivity contribution in [1.82, 2.24) is 5.32 Å². The lowest BCUT2D eigenvalue weighted by atomic mass is 10.2. The van der Waals surface area contributed by atoms with Gasteiger partial charge >= 0.3 is 0 Å². The van der Waals surface area contributed by atoms with Gasteiger partial charge in [-0.05, 0) is 63.0 Å². The van der Waals surface area contributed by atoms with E-state index >= 15 is 0 Å². The summed E-state index contributed by atoms with van der Waals surface area (Å²) < 4.78 is 6.74. The monoisotopic (exact) mass is 299 g/mol. The van der Waals surface area contributed by atoms with Crippen LogP contribution in [0.3, 0.4) is 0 Å². The van der Waals surface area contributed by atoms with Gasteiger partial charge in [-0.15, -0.1) is 0 Å². The summed E-state index contributed by atoms with van der Waals surface area (Å²) in [7, 11) is 0. The van der Waals surface area contributed by atoms with Crippen molar-refractivity contribution in [2.75, 3.05) is 19.7 Å². The predicted molar refractivity (Wildman–Crippen MR) is 76.6 cm³/mol. The normalized spacial score (nSPS) is 10.5. The first-order valence-electron chi connectivity index (χ1n) is 6.42. The van der Waals surface area contributed by atoms with Crippen LogP contribution in [0, 0.1) is 0 Å². The van der Waals surface area contributed by atoms with Gasteiger partial charge in [0.25, 0.3) is 0 Å². The molecule has 0 aliphatic carbocycles. The maximum absolute atomic E-state index is 5.65. The van der Waals surface area contributed by atoms with Crippen LogP contribution in [-0.2, 0) is 0 Å². The molecule has 0 amide bonds. The number of ether oxygens (including phenoxy) is 1. The molecule has 1 aromatic rings. The van der Waals surface area contributed by atoms with Crippen LogP contribution in [0.5, 0.6) is 5.75 Å². The van der Waals surface area contributed by atoms with Crippen molar-refractivity contribution >= 4 is 15.9 Å². The zero-order valence-corrected chi connectivity index (χ0v) is 12.1. The number of halogens is 1. The summed E-state index contributed by atoms with van der Waals surface area (Å²) in [6, 6.07) is 7.99. The average molecular weight is 300 g/mol. The number of nitrogens with one attached hydrogen (secondary N) is 1. The summed E-state index contributed by atoms with van der Waals surface area (Å²) in [5.41, 5.74) is 0. The molecule has 1 rings (SSSR count). The quantitative estimate of drug-likeness (QED) is 0.696. The van der Waals surface area contributed by atoms with Crippen molar-refractivity contribution in [3.63, 3.8) is 0 Å². The molecule has 0 aliphatic rings. The van der Waals surface area contributed by atoms with Crippen LogP contribution in [0.15, 0.2) is 28.7 Å². The Morgan fingerprint density at radius 1 is 1.06 bits per heavy atom. The van der Waals surface area contributed by atoms with Crippen molar-refractivity contribution in [2.45, 2.75) is 32.6 Å². The Labute approximate surface area is 113 Å². The SMILES string of the molecule is CCCNCCCCCOc1ccc(Br)cc1. The topological polar surface area (TPSA) is 21.3 Å². The molecule has 0 saturated carbocycles. The highest BCUT2D eigenvalue weighted by Gasteiger charge is 1.94. The average Bonchev–Trinajstić information content (AvgIpc) is 2.35. The van der Waals surface area contributed by atoms with E-state index in [4.69, 9.17) is 4.74 Å². The molecule has 0 aliphatic heterocycles. The summed E-state index contributed by atoms with van der Waals surface area (Å²) in [5.74, 6) is 0.956. The van der Waals surface area contributed by atoms with Crippen molar-refractivity contribution < 1.29 is 4.74 Å². The lowest BCUT2D eigenvalue weighted by Crippen LogP contribution is -2.15. The molecule has 1 aromatic carbocycles. The zero-order valence-electron chi connectivity index (χ0n) is 10.5. The molecule has 0 bridgehead atoms. The van der Waals surface area contributed by atoms with Gasteiger partial charge in [-0.25, -0.2) is 0 Å². The fourth-order valence-corrected chi connectivity index (χ4v) is 1.82. The predicted octanol–water partition coefficient (Wildman–Crippen LogP) is 4.00. The van der Waals surface area contributed by atoms with Gasteiger partial charge < -0.3 is 10.1 Å². The van der Waals surface area contributed by atoms with Gasteiger partial charge in [-0.1, -0.05) is 22.9 Å². The fourth-order valence-electron chi connectivity index (χ4n) is 1.55. The van der Waals surface area contributed by atoms with E-state index < -0.39 is 0 Å². The first-order chi connectivity index (χ1) is 8.33. The van der Waals surface area contributed by atoms with Crippen LogP contribution in [-0.4, -0.2) is 19.7 Å². The molecule has 96 valence electrons. The third-order valence-electron chi connectivity index (χ3n) is 2.51. The van der Waals surface area contributed by atoms with Gasteiger partial charge in [-0.3, -0.25) is 0 Å². The smallest absolute Gasteiger partial charge is 0.119 e. The summed E-state index contributed by atoms with van der Waals surface area (Å²) in [4.78, 5) is 0. The van der Waals surface area contributed by atoms with Gasteiger partial charge in [0.15, 0.2) is 0 Å². The Balaban J connectivity index is 1.95. The first-order valence-corrected chi connectivity index (χ1v) is 7.21. The van der Waals surface area contributed by atoms with Crippen molar-refractivity contribution in [1.29, 1.82) is 0 Å². The first kappa shape index (κ1) is 14.5. The molecule has 0 spiro atoms. The van der Waals surface area contributed by atoms with E-state index in [9.17, 15) is 0 Å². The minimum atomic E-state index is 0.815. The lowest BCUT2D eigenvalue weighted by Gasteiger charge is -2.06.